The van der Waals surface area contributed by atoms with E-state index in [2.05, 4.69) is 0 Å². The highest BCUT2D eigenvalue weighted by Gasteiger charge is 2.38. The molecular formula is C15H27F3N2O2. The van der Waals surface area contributed by atoms with Gasteiger partial charge in [0.15, 0.2) is 0 Å². The number of hydrogen-bond acceptors (Lipinski definition) is 3. The van der Waals surface area contributed by atoms with Crippen molar-refractivity contribution >= 4 is 6.09 Å². The molecule has 0 saturated carbocycles. The summed E-state index contributed by atoms with van der Waals surface area (Å²) >= 11 is 0. The lowest BCUT2D eigenvalue weighted by atomic mass is 9.89. The molecule has 1 heterocycles. The van der Waals surface area contributed by atoms with Gasteiger partial charge in [-0.15, -0.1) is 0 Å². The Morgan fingerprint density at radius 3 is 2.50 bits per heavy atom. The summed E-state index contributed by atoms with van der Waals surface area (Å²) in [6.07, 6.45) is -2.54. The first-order chi connectivity index (χ1) is 10.0. The van der Waals surface area contributed by atoms with Crippen LogP contribution in [0.4, 0.5) is 18.0 Å². The van der Waals surface area contributed by atoms with E-state index in [1.807, 2.05) is 0 Å². The van der Waals surface area contributed by atoms with Gasteiger partial charge in [-0.25, -0.2) is 4.79 Å². The van der Waals surface area contributed by atoms with Gasteiger partial charge in [0, 0.05) is 19.6 Å². The fourth-order valence-electron chi connectivity index (χ4n) is 2.65. The molecule has 22 heavy (non-hydrogen) atoms. The third-order valence-corrected chi connectivity index (χ3v) is 3.84. The number of carbonyl (C=O) groups is 1. The highest BCUT2D eigenvalue weighted by molar-refractivity contribution is 5.68. The van der Waals surface area contributed by atoms with Crippen LogP contribution in [0.3, 0.4) is 0 Å². The van der Waals surface area contributed by atoms with E-state index in [0.29, 0.717) is 19.5 Å². The Hall–Kier alpha value is -0.980. The Balaban J connectivity index is 2.48. The molecule has 1 amide bonds. The van der Waals surface area contributed by atoms with Crippen LogP contribution in [-0.2, 0) is 4.74 Å². The number of alkyl halides is 3. The summed E-state index contributed by atoms with van der Waals surface area (Å²) in [5.41, 5.74) is 4.65. The van der Waals surface area contributed by atoms with Crippen LogP contribution < -0.4 is 5.73 Å². The van der Waals surface area contributed by atoms with Crippen LogP contribution in [0.2, 0.25) is 0 Å². The van der Waals surface area contributed by atoms with Crippen molar-refractivity contribution in [3.63, 3.8) is 0 Å². The van der Waals surface area contributed by atoms with Gasteiger partial charge in [0.25, 0.3) is 0 Å². The predicted molar refractivity (Wildman–Crippen MR) is 78.4 cm³/mol. The molecule has 130 valence electrons. The van der Waals surface area contributed by atoms with E-state index in [9.17, 15) is 18.0 Å². The van der Waals surface area contributed by atoms with Gasteiger partial charge in [0.05, 0.1) is 5.92 Å². The van der Waals surface area contributed by atoms with Crippen molar-refractivity contribution in [2.24, 2.45) is 17.6 Å². The molecule has 0 aromatic heterocycles. The number of nitrogens with zero attached hydrogens (tertiary/aromatic N) is 1. The number of likely N-dealkylation sites (tertiary alicyclic amines) is 1. The second-order valence-corrected chi connectivity index (χ2v) is 6.99. The standard InChI is InChI=1S/C15H27F3N2O2/c1-14(2,3)22-13(21)20-8-4-5-11(10-20)6-7-12(9-19)15(16,17)18/h11-12H,4-10,19H2,1-3H3. The van der Waals surface area contributed by atoms with Gasteiger partial charge in [-0.2, -0.15) is 13.2 Å². The SMILES string of the molecule is CC(C)(C)OC(=O)N1CCCC(CCC(CN)C(F)(F)F)C1. The summed E-state index contributed by atoms with van der Waals surface area (Å²) in [5.74, 6) is -1.37. The number of carbonyl (C=O) groups excluding carboxylic acids is 1. The van der Waals surface area contributed by atoms with Crippen LogP contribution in [-0.4, -0.2) is 42.4 Å². The molecule has 0 aliphatic carbocycles. The topological polar surface area (TPSA) is 55.6 Å². The molecule has 1 fully saturated rings. The summed E-state index contributed by atoms with van der Waals surface area (Å²) in [6, 6.07) is 0. The van der Waals surface area contributed by atoms with Gasteiger partial charge in [-0.05, 0) is 52.4 Å². The first kappa shape index (κ1) is 19.1. The summed E-state index contributed by atoms with van der Waals surface area (Å²) in [7, 11) is 0. The second-order valence-electron chi connectivity index (χ2n) is 6.99. The predicted octanol–water partition coefficient (Wildman–Crippen LogP) is 3.55. The van der Waals surface area contributed by atoms with E-state index in [0.717, 1.165) is 12.8 Å². The summed E-state index contributed by atoms with van der Waals surface area (Å²) in [6.45, 7) is 6.06. The summed E-state index contributed by atoms with van der Waals surface area (Å²) in [4.78, 5) is 13.6. The fourth-order valence-corrected chi connectivity index (χ4v) is 2.65. The monoisotopic (exact) mass is 324 g/mol. The van der Waals surface area contributed by atoms with Crippen molar-refractivity contribution in [1.29, 1.82) is 0 Å². The van der Waals surface area contributed by atoms with E-state index in [1.54, 1.807) is 25.7 Å². The van der Waals surface area contributed by atoms with Gasteiger partial charge < -0.3 is 15.4 Å². The highest BCUT2D eigenvalue weighted by atomic mass is 19.4. The zero-order valence-electron chi connectivity index (χ0n) is 13.6. The number of halogens is 3. The molecular weight excluding hydrogens is 297 g/mol. The molecule has 1 aliphatic rings. The lowest BCUT2D eigenvalue weighted by Gasteiger charge is -2.34. The maximum absolute atomic E-state index is 12.7. The van der Waals surface area contributed by atoms with Crippen LogP contribution in [0, 0.1) is 11.8 Å². The zero-order valence-corrected chi connectivity index (χ0v) is 13.6. The number of rotatable bonds is 4. The van der Waals surface area contributed by atoms with Crippen LogP contribution in [0.5, 0.6) is 0 Å². The molecule has 2 unspecified atom stereocenters. The average molecular weight is 324 g/mol. The van der Waals surface area contributed by atoms with Gasteiger partial charge in [0.2, 0.25) is 0 Å². The smallest absolute Gasteiger partial charge is 0.410 e. The average Bonchev–Trinajstić information content (AvgIpc) is 2.36. The van der Waals surface area contributed by atoms with Gasteiger partial charge in [0.1, 0.15) is 5.60 Å². The van der Waals surface area contributed by atoms with Crippen molar-refractivity contribution in [1.82, 2.24) is 4.90 Å². The lowest BCUT2D eigenvalue weighted by Crippen LogP contribution is -2.43. The van der Waals surface area contributed by atoms with Crippen molar-refractivity contribution in [3.8, 4) is 0 Å². The third-order valence-electron chi connectivity index (χ3n) is 3.84. The first-order valence-corrected chi connectivity index (χ1v) is 7.77. The molecule has 1 rings (SSSR count). The number of ether oxygens (including phenoxy) is 1. The Bertz CT molecular complexity index is 367. The Kier molecular flexibility index (Phi) is 6.52. The summed E-state index contributed by atoms with van der Waals surface area (Å²) in [5, 5.41) is 0. The van der Waals surface area contributed by atoms with Crippen LogP contribution >= 0.6 is 0 Å². The number of nitrogens with two attached hydrogens (primary N) is 1. The molecule has 0 bridgehead atoms. The highest BCUT2D eigenvalue weighted by Crippen LogP contribution is 2.32. The molecule has 7 heteroatoms. The summed E-state index contributed by atoms with van der Waals surface area (Å²) < 4.78 is 43.4. The van der Waals surface area contributed by atoms with E-state index in [1.165, 1.54) is 0 Å². The first-order valence-electron chi connectivity index (χ1n) is 7.77. The van der Waals surface area contributed by atoms with Crippen LogP contribution in [0.25, 0.3) is 0 Å². The molecule has 1 saturated heterocycles. The second kappa shape index (κ2) is 7.53. The zero-order chi connectivity index (χ0) is 17.0. The molecule has 0 aromatic rings. The molecule has 0 aromatic carbocycles. The van der Waals surface area contributed by atoms with Gasteiger partial charge >= 0.3 is 12.3 Å². The molecule has 4 nitrogen and oxygen atoms in total. The van der Waals surface area contributed by atoms with Gasteiger partial charge in [-0.3, -0.25) is 0 Å². The van der Waals surface area contributed by atoms with Crippen molar-refractivity contribution in [2.75, 3.05) is 19.6 Å². The minimum Gasteiger partial charge on any atom is -0.444 e. The van der Waals surface area contributed by atoms with E-state index in [-0.39, 0.29) is 25.0 Å². The largest absolute Gasteiger partial charge is 0.444 e. The van der Waals surface area contributed by atoms with E-state index in [4.69, 9.17) is 10.5 Å². The van der Waals surface area contributed by atoms with Gasteiger partial charge in [-0.1, -0.05) is 0 Å². The molecule has 1 aliphatic heterocycles. The Morgan fingerprint density at radius 1 is 1.36 bits per heavy atom. The quantitative estimate of drug-likeness (QED) is 0.860. The van der Waals surface area contributed by atoms with Crippen molar-refractivity contribution in [3.05, 3.63) is 0 Å². The minimum atomic E-state index is -4.24. The molecule has 0 spiro atoms. The normalized spacial score (nSPS) is 21.6. The van der Waals surface area contributed by atoms with E-state index >= 15 is 0 Å². The lowest BCUT2D eigenvalue weighted by molar-refractivity contribution is -0.174. The maximum Gasteiger partial charge on any atom is 0.410 e. The van der Waals surface area contributed by atoms with Crippen LogP contribution in [0.1, 0.15) is 46.5 Å². The number of piperidine rings is 1. The minimum absolute atomic E-state index is 0.0207. The number of hydrogen-bond donors (Lipinski definition) is 1. The number of amides is 1. The van der Waals surface area contributed by atoms with E-state index < -0.39 is 17.7 Å². The Morgan fingerprint density at radius 2 is 2.00 bits per heavy atom. The molecule has 2 atom stereocenters. The van der Waals surface area contributed by atoms with Crippen molar-refractivity contribution < 1.29 is 22.7 Å². The molecule has 0 radical (unpaired) electrons. The van der Waals surface area contributed by atoms with Crippen molar-refractivity contribution in [2.45, 2.75) is 58.2 Å². The van der Waals surface area contributed by atoms with Crippen LogP contribution in [0.15, 0.2) is 0 Å². The molecule has 2 N–H and O–H groups in total. The fraction of sp³-hybridized carbons (Fsp3) is 0.933. The maximum atomic E-state index is 12.7. The Labute approximate surface area is 130 Å². The third kappa shape index (κ3) is 6.42.